The molecule has 3 heterocycles. The van der Waals surface area contributed by atoms with Crippen LogP contribution >= 0.6 is 11.6 Å². The second-order valence-corrected chi connectivity index (χ2v) is 6.12. The molecule has 128 valence electrons. The Labute approximate surface area is 160 Å². The molecule has 0 spiro atoms. The minimum Gasteiger partial charge on any atom is -0.332 e. The molecule has 0 aliphatic rings. The van der Waals surface area contributed by atoms with Crippen molar-refractivity contribution in [1.29, 1.82) is 0 Å². The Balaban J connectivity index is 1.71. The summed E-state index contributed by atoms with van der Waals surface area (Å²) in [4.78, 5) is 25.8. The number of Topliss-reactive ketones (excluding diaryl/α,β-unsaturated/α-hetero) is 1. The topological polar surface area (TPSA) is 60.7 Å². The second kappa shape index (κ2) is 6.69. The summed E-state index contributed by atoms with van der Waals surface area (Å²) >= 11 is 5.81. The van der Waals surface area contributed by atoms with Gasteiger partial charge in [-0.3, -0.25) is 9.78 Å². The van der Waals surface area contributed by atoms with Crippen LogP contribution in [0.2, 0.25) is 5.02 Å². The van der Waals surface area contributed by atoms with Crippen LogP contribution in [0.3, 0.4) is 0 Å². The van der Waals surface area contributed by atoms with E-state index in [0.29, 0.717) is 11.2 Å². The van der Waals surface area contributed by atoms with Crippen molar-refractivity contribution < 1.29 is 10.3 Å². The Kier molecular flexibility index (Phi) is 3.17. The molecule has 5 nitrogen and oxygen atoms in total. The van der Waals surface area contributed by atoms with Crippen LogP contribution < -0.4 is 0 Å². The fourth-order valence-electron chi connectivity index (χ4n) is 2.59. The van der Waals surface area contributed by atoms with E-state index < -0.39 is 30.0 Å². The van der Waals surface area contributed by atoms with Crippen molar-refractivity contribution in [1.82, 2.24) is 19.5 Å². The van der Waals surface area contributed by atoms with E-state index in [1.165, 1.54) is 0 Å². The average Bonchev–Trinajstić information content (AvgIpc) is 3.16. The lowest BCUT2D eigenvalue weighted by Gasteiger charge is -2.06. The standard InChI is InChI=1S/C20H15ClN4O/c1-25-12-22-11-19(25)17-7-4-14-10-23-16(8-18(14)24-17)9-20(26)13-2-5-15(21)6-3-13/h2-8,10-12H,9H2,1H3/i2D,3D,5D,6D. The molecule has 4 aromatic rings. The maximum absolute atomic E-state index is 12.8. The van der Waals surface area contributed by atoms with E-state index >= 15 is 0 Å². The van der Waals surface area contributed by atoms with Crippen LogP contribution in [0.4, 0.5) is 0 Å². The summed E-state index contributed by atoms with van der Waals surface area (Å²) in [5.74, 6) is -0.571. The number of aryl methyl sites for hydroxylation is 1. The molecule has 0 unspecified atom stereocenters. The maximum atomic E-state index is 12.8. The third-order valence-corrected chi connectivity index (χ3v) is 4.11. The van der Waals surface area contributed by atoms with E-state index in [1.54, 1.807) is 24.8 Å². The summed E-state index contributed by atoms with van der Waals surface area (Å²) in [6, 6.07) is 3.64. The number of hydrogen-bond donors (Lipinski definition) is 0. The van der Waals surface area contributed by atoms with Gasteiger partial charge in [0.2, 0.25) is 0 Å². The Morgan fingerprint density at radius 1 is 1.23 bits per heavy atom. The molecule has 0 radical (unpaired) electrons. The van der Waals surface area contributed by atoms with E-state index in [9.17, 15) is 4.79 Å². The van der Waals surface area contributed by atoms with Gasteiger partial charge in [0, 0.05) is 29.2 Å². The van der Waals surface area contributed by atoms with E-state index in [1.807, 2.05) is 23.7 Å². The molecule has 0 aliphatic carbocycles. The normalized spacial score (nSPS) is 13.2. The molecule has 0 N–H and O–H groups in total. The van der Waals surface area contributed by atoms with Crippen molar-refractivity contribution in [3.8, 4) is 11.4 Å². The zero-order chi connectivity index (χ0) is 21.6. The predicted molar refractivity (Wildman–Crippen MR) is 101 cm³/mol. The molecule has 0 atom stereocenters. The quantitative estimate of drug-likeness (QED) is 0.510. The third-order valence-electron chi connectivity index (χ3n) is 3.92. The van der Waals surface area contributed by atoms with Gasteiger partial charge < -0.3 is 4.57 Å². The van der Waals surface area contributed by atoms with Gasteiger partial charge in [0.15, 0.2) is 5.78 Å². The molecule has 4 rings (SSSR count). The molecule has 26 heavy (non-hydrogen) atoms. The predicted octanol–water partition coefficient (Wildman–Crippen LogP) is 4.11. The van der Waals surface area contributed by atoms with Gasteiger partial charge in [-0.1, -0.05) is 11.6 Å². The van der Waals surface area contributed by atoms with Crippen LogP contribution in [0, 0.1) is 0 Å². The molecule has 0 amide bonds. The number of hydrogen-bond acceptors (Lipinski definition) is 4. The van der Waals surface area contributed by atoms with Crippen LogP contribution in [0.25, 0.3) is 22.3 Å². The number of carbonyl (C=O) groups excluding carboxylic acids is 1. The lowest BCUT2D eigenvalue weighted by atomic mass is 10.1. The molecule has 3 aromatic heterocycles. The van der Waals surface area contributed by atoms with Gasteiger partial charge in [0.05, 0.1) is 47.0 Å². The molecule has 6 heteroatoms. The molecule has 0 fully saturated rings. The van der Waals surface area contributed by atoms with E-state index in [0.717, 1.165) is 16.8 Å². The summed E-state index contributed by atoms with van der Waals surface area (Å²) in [5, 5.41) is 0.491. The Hall–Kier alpha value is -3.05. The van der Waals surface area contributed by atoms with Crippen LogP contribution in [0.15, 0.2) is 61.1 Å². The zero-order valence-electron chi connectivity index (χ0n) is 17.7. The van der Waals surface area contributed by atoms with Gasteiger partial charge in [-0.15, -0.1) is 0 Å². The van der Waals surface area contributed by atoms with Crippen molar-refractivity contribution in [3.63, 3.8) is 0 Å². The van der Waals surface area contributed by atoms with Gasteiger partial charge >= 0.3 is 0 Å². The minimum atomic E-state index is -0.571. The Morgan fingerprint density at radius 3 is 2.77 bits per heavy atom. The molecule has 0 saturated heterocycles. The van der Waals surface area contributed by atoms with Crippen molar-refractivity contribution in [2.45, 2.75) is 6.42 Å². The summed E-state index contributed by atoms with van der Waals surface area (Å²) in [5.41, 5.74) is 2.32. The fraction of sp³-hybridized carbons (Fsp3) is 0.100. The highest BCUT2D eigenvalue weighted by Crippen LogP contribution is 2.21. The fourth-order valence-corrected chi connectivity index (χ4v) is 2.69. The first-order valence-electron chi connectivity index (χ1n) is 9.79. The van der Waals surface area contributed by atoms with Gasteiger partial charge in [0.1, 0.15) is 0 Å². The smallest absolute Gasteiger partial charge is 0.168 e. The van der Waals surface area contributed by atoms with Gasteiger partial charge in [-0.25, -0.2) is 9.97 Å². The highest BCUT2D eigenvalue weighted by molar-refractivity contribution is 6.30. The number of nitrogens with zero attached hydrogens (tertiary/aromatic N) is 4. The molecule has 0 aliphatic heterocycles. The van der Waals surface area contributed by atoms with Crippen molar-refractivity contribution in [3.05, 3.63) is 77.4 Å². The number of aromatic nitrogens is 4. The van der Waals surface area contributed by atoms with Crippen LogP contribution in [0.1, 0.15) is 21.5 Å². The van der Waals surface area contributed by atoms with Crippen molar-refractivity contribution in [2.75, 3.05) is 0 Å². The molecular weight excluding hydrogens is 348 g/mol. The summed E-state index contributed by atoms with van der Waals surface area (Å²) in [7, 11) is 1.87. The lowest BCUT2D eigenvalue weighted by molar-refractivity contribution is 0.0992. The number of rotatable bonds is 4. The number of carbonyl (C=O) groups is 1. The van der Waals surface area contributed by atoms with Crippen molar-refractivity contribution in [2.24, 2.45) is 7.05 Å². The van der Waals surface area contributed by atoms with E-state index in [4.69, 9.17) is 17.1 Å². The molecule has 0 saturated carbocycles. The van der Waals surface area contributed by atoms with Crippen LogP contribution in [-0.4, -0.2) is 25.3 Å². The van der Waals surface area contributed by atoms with Gasteiger partial charge in [-0.2, -0.15) is 0 Å². The number of benzene rings is 1. The number of imidazole rings is 1. The molecular formula is C20H15ClN4O. The first kappa shape index (κ1) is 12.3. The number of pyridine rings is 2. The summed E-state index contributed by atoms with van der Waals surface area (Å²) in [6.45, 7) is 0. The Morgan fingerprint density at radius 2 is 2.04 bits per heavy atom. The SMILES string of the molecule is [2H]c1c([2H])c(C(=O)Cc2cc3nc(-c4cncn4C)ccc3cn2)c([2H])c([2H])c1Cl. The first-order valence-corrected chi connectivity index (χ1v) is 8.17. The summed E-state index contributed by atoms with van der Waals surface area (Å²) < 4.78 is 33.4. The van der Waals surface area contributed by atoms with Crippen LogP contribution in [0.5, 0.6) is 0 Å². The zero-order valence-corrected chi connectivity index (χ0v) is 14.5. The van der Waals surface area contributed by atoms with Gasteiger partial charge in [0.25, 0.3) is 0 Å². The van der Waals surface area contributed by atoms with Crippen molar-refractivity contribution >= 4 is 28.3 Å². The highest BCUT2D eigenvalue weighted by atomic mass is 35.5. The highest BCUT2D eigenvalue weighted by Gasteiger charge is 2.10. The molecule has 1 aromatic carbocycles. The van der Waals surface area contributed by atoms with Gasteiger partial charge in [-0.05, 0) is 42.4 Å². The average molecular weight is 367 g/mol. The van der Waals surface area contributed by atoms with Crippen LogP contribution in [-0.2, 0) is 13.5 Å². The second-order valence-electron chi connectivity index (χ2n) is 5.74. The van der Waals surface area contributed by atoms with E-state index in [2.05, 4.69) is 15.0 Å². The maximum Gasteiger partial charge on any atom is 0.168 e. The number of fused-ring (bicyclic) bond motifs is 1. The largest absolute Gasteiger partial charge is 0.332 e. The first-order chi connectivity index (χ1) is 14.3. The number of halogens is 1. The Bertz CT molecular complexity index is 1290. The lowest BCUT2D eigenvalue weighted by Crippen LogP contribution is -2.05. The van der Waals surface area contributed by atoms with E-state index in [-0.39, 0.29) is 17.0 Å². The molecule has 0 bridgehead atoms. The number of ketones is 1. The third kappa shape index (κ3) is 3.21. The summed E-state index contributed by atoms with van der Waals surface area (Å²) in [6.07, 6.45) is 4.81. The minimum absolute atomic E-state index is 0.189. The monoisotopic (exact) mass is 366 g/mol.